The van der Waals surface area contributed by atoms with Crippen molar-refractivity contribution in [2.24, 2.45) is 7.05 Å². The lowest BCUT2D eigenvalue weighted by molar-refractivity contribution is -0.384. The second kappa shape index (κ2) is 7.04. The molecule has 25 heavy (non-hydrogen) atoms. The van der Waals surface area contributed by atoms with E-state index in [1.165, 1.54) is 18.2 Å². The SMILES string of the molecule is Cn1cccc1CN(Cc1ccco1)C(=O)c1cccc([N+](=O)[O-])c1. The van der Waals surface area contributed by atoms with Crippen molar-refractivity contribution < 1.29 is 14.1 Å². The van der Waals surface area contributed by atoms with Crippen molar-refractivity contribution in [2.75, 3.05) is 0 Å². The number of aromatic nitrogens is 1. The van der Waals surface area contributed by atoms with Crippen LogP contribution in [0.15, 0.2) is 65.4 Å². The highest BCUT2D eigenvalue weighted by Gasteiger charge is 2.20. The van der Waals surface area contributed by atoms with Gasteiger partial charge in [-0.25, -0.2) is 0 Å². The summed E-state index contributed by atoms with van der Waals surface area (Å²) in [7, 11) is 1.90. The molecule has 2 aromatic heterocycles. The third-order valence-electron chi connectivity index (χ3n) is 3.92. The number of rotatable bonds is 6. The average molecular weight is 339 g/mol. The van der Waals surface area contributed by atoms with E-state index in [2.05, 4.69) is 0 Å². The molecule has 0 atom stereocenters. The third kappa shape index (κ3) is 3.77. The average Bonchev–Trinajstić information content (AvgIpc) is 3.26. The Kier molecular flexibility index (Phi) is 4.65. The summed E-state index contributed by atoms with van der Waals surface area (Å²) < 4.78 is 7.28. The number of nitrogens with zero attached hydrogens (tertiary/aromatic N) is 3. The lowest BCUT2D eigenvalue weighted by Gasteiger charge is -2.22. The molecule has 0 N–H and O–H groups in total. The van der Waals surface area contributed by atoms with E-state index in [1.54, 1.807) is 29.4 Å². The third-order valence-corrected chi connectivity index (χ3v) is 3.92. The summed E-state index contributed by atoms with van der Waals surface area (Å²) in [5, 5.41) is 11.0. The number of non-ortho nitro benzene ring substituents is 1. The van der Waals surface area contributed by atoms with Crippen LogP contribution in [0.5, 0.6) is 0 Å². The highest BCUT2D eigenvalue weighted by atomic mass is 16.6. The minimum atomic E-state index is -0.509. The highest BCUT2D eigenvalue weighted by Crippen LogP contribution is 2.18. The van der Waals surface area contributed by atoms with Gasteiger partial charge >= 0.3 is 0 Å². The van der Waals surface area contributed by atoms with Crippen LogP contribution in [0.1, 0.15) is 21.8 Å². The number of amides is 1. The second-order valence-corrected chi connectivity index (χ2v) is 5.66. The monoisotopic (exact) mass is 339 g/mol. The van der Waals surface area contributed by atoms with E-state index in [0.29, 0.717) is 12.3 Å². The summed E-state index contributed by atoms with van der Waals surface area (Å²) in [6.07, 6.45) is 3.45. The van der Waals surface area contributed by atoms with Gasteiger partial charge in [-0.2, -0.15) is 0 Å². The lowest BCUT2D eigenvalue weighted by atomic mass is 10.1. The molecule has 1 aromatic carbocycles. The molecule has 0 spiro atoms. The number of nitro benzene ring substituents is 1. The van der Waals surface area contributed by atoms with E-state index in [1.807, 2.05) is 29.9 Å². The molecule has 0 radical (unpaired) electrons. The predicted octanol–water partition coefficient (Wildman–Crippen LogP) is 3.37. The number of aryl methyl sites for hydroxylation is 1. The Morgan fingerprint density at radius 2 is 2.04 bits per heavy atom. The molecule has 0 aliphatic heterocycles. The fourth-order valence-electron chi connectivity index (χ4n) is 2.58. The zero-order valence-corrected chi connectivity index (χ0v) is 13.7. The molecule has 3 aromatic rings. The molecular formula is C18H17N3O4. The van der Waals surface area contributed by atoms with Crippen LogP contribution in [0.2, 0.25) is 0 Å². The van der Waals surface area contributed by atoms with Crippen molar-refractivity contribution >= 4 is 11.6 Å². The smallest absolute Gasteiger partial charge is 0.270 e. The molecule has 0 unspecified atom stereocenters. The molecule has 0 saturated carbocycles. The predicted molar refractivity (Wildman–Crippen MR) is 90.8 cm³/mol. The number of carbonyl (C=O) groups excluding carboxylic acids is 1. The van der Waals surface area contributed by atoms with E-state index in [9.17, 15) is 14.9 Å². The van der Waals surface area contributed by atoms with E-state index >= 15 is 0 Å². The number of hydrogen-bond donors (Lipinski definition) is 0. The first kappa shape index (κ1) is 16.5. The molecule has 128 valence electrons. The minimum Gasteiger partial charge on any atom is -0.467 e. The maximum atomic E-state index is 12.9. The Balaban J connectivity index is 1.89. The summed E-state index contributed by atoms with van der Waals surface area (Å²) in [6.45, 7) is 0.644. The van der Waals surface area contributed by atoms with Gasteiger partial charge in [-0.3, -0.25) is 14.9 Å². The van der Waals surface area contributed by atoms with Crippen molar-refractivity contribution in [1.29, 1.82) is 0 Å². The molecule has 0 saturated heterocycles. The van der Waals surface area contributed by atoms with Crippen LogP contribution in [0.4, 0.5) is 5.69 Å². The van der Waals surface area contributed by atoms with Crippen molar-refractivity contribution in [3.05, 3.63) is 88.1 Å². The van der Waals surface area contributed by atoms with Gasteiger partial charge in [0.15, 0.2) is 0 Å². The van der Waals surface area contributed by atoms with E-state index in [4.69, 9.17) is 4.42 Å². The summed E-state index contributed by atoms with van der Waals surface area (Å²) >= 11 is 0. The number of benzene rings is 1. The van der Waals surface area contributed by atoms with Gasteiger partial charge < -0.3 is 13.9 Å². The van der Waals surface area contributed by atoms with Gasteiger partial charge in [-0.15, -0.1) is 0 Å². The topological polar surface area (TPSA) is 81.5 Å². The van der Waals surface area contributed by atoms with E-state index in [-0.39, 0.29) is 23.7 Å². The molecule has 0 aliphatic rings. The number of nitro groups is 1. The first-order valence-electron chi connectivity index (χ1n) is 7.71. The minimum absolute atomic E-state index is 0.109. The Labute approximate surface area is 144 Å². The van der Waals surface area contributed by atoms with Crippen LogP contribution < -0.4 is 0 Å². The molecule has 1 amide bonds. The van der Waals surface area contributed by atoms with Gasteiger partial charge in [0, 0.05) is 36.6 Å². The summed E-state index contributed by atoms with van der Waals surface area (Å²) in [4.78, 5) is 25.0. The van der Waals surface area contributed by atoms with Crippen LogP contribution in [0.3, 0.4) is 0 Å². The van der Waals surface area contributed by atoms with Crippen LogP contribution in [-0.4, -0.2) is 20.3 Å². The Morgan fingerprint density at radius 1 is 1.20 bits per heavy atom. The summed E-state index contributed by atoms with van der Waals surface area (Å²) in [5.74, 6) is 0.356. The van der Waals surface area contributed by atoms with Gasteiger partial charge in [-0.1, -0.05) is 6.07 Å². The quantitative estimate of drug-likeness (QED) is 0.509. The van der Waals surface area contributed by atoms with Gasteiger partial charge in [0.25, 0.3) is 11.6 Å². The first-order valence-corrected chi connectivity index (χ1v) is 7.71. The first-order chi connectivity index (χ1) is 12.0. The van der Waals surface area contributed by atoms with Gasteiger partial charge in [0.05, 0.1) is 24.3 Å². The second-order valence-electron chi connectivity index (χ2n) is 5.66. The van der Waals surface area contributed by atoms with Crippen molar-refractivity contribution in [3.8, 4) is 0 Å². The maximum Gasteiger partial charge on any atom is 0.270 e. The van der Waals surface area contributed by atoms with Crippen LogP contribution in [0.25, 0.3) is 0 Å². The molecule has 2 heterocycles. The lowest BCUT2D eigenvalue weighted by Crippen LogP contribution is -2.30. The molecule has 3 rings (SSSR count). The molecule has 0 bridgehead atoms. The van der Waals surface area contributed by atoms with Crippen molar-refractivity contribution in [2.45, 2.75) is 13.1 Å². The van der Waals surface area contributed by atoms with Crippen LogP contribution in [0, 0.1) is 10.1 Å². The van der Waals surface area contributed by atoms with E-state index < -0.39 is 4.92 Å². The fraction of sp³-hybridized carbons (Fsp3) is 0.167. The fourth-order valence-corrected chi connectivity index (χ4v) is 2.58. The zero-order valence-electron chi connectivity index (χ0n) is 13.7. The van der Waals surface area contributed by atoms with Gasteiger partial charge in [0.1, 0.15) is 5.76 Å². The Hall–Kier alpha value is -3.35. The molecule has 7 heteroatoms. The standard InChI is InChI=1S/C18H17N3O4/c1-19-9-3-7-16(19)12-20(13-17-8-4-10-25-17)18(22)14-5-2-6-15(11-14)21(23)24/h2-11H,12-13H2,1H3. The molecule has 0 fully saturated rings. The Morgan fingerprint density at radius 3 is 2.68 bits per heavy atom. The van der Waals surface area contributed by atoms with Crippen LogP contribution in [-0.2, 0) is 20.1 Å². The number of hydrogen-bond acceptors (Lipinski definition) is 4. The van der Waals surface area contributed by atoms with Crippen molar-refractivity contribution in [1.82, 2.24) is 9.47 Å². The largest absolute Gasteiger partial charge is 0.467 e. The molecule has 7 nitrogen and oxygen atoms in total. The molecule has 0 aliphatic carbocycles. The zero-order chi connectivity index (χ0) is 17.8. The maximum absolute atomic E-state index is 12.9. The summed E-state index contributed by atoms with van der Waals surface area (Å²) in [6, 6.07) is 13.1. The summed E-state index contributed by atoms with van der Waals surface area (Å²) in [5.41, 5.74) is 1.11. The number of furan rings is 1. The molecular weight excluding hydrogens is 322 g/mol. The number of carbonyl (C=O) groups is 1. The van der Waals surface area contributed by atoms with Crippen LogP contribution >= 0.6 is 0 Å². The van der Waals surface area contributed by atoms with Gasteiger partial charge in [-0.05, 0) is 30.3 Å². The normalized spacial score (nSPS) is 10.6. The van der Waals surface area contributed by atoms with Crippen molar-refractivity contribution in [3.63, 3.8) is 0 Å². The highest BCUT2D eigenvalue weighted by molar-refractivity contribution is 5.94. The Bertz CT molecular complexity index is 883. The van der Waals surface area contributed by atoms with Gasteiger partial charge in [0.2, 0.25) is 0 Å². The van der Waals surface area contributed by atoms with E-state index in [0.717, 1.165) is 5.69 Å².